The van der Waals surface area contributed by atoms with Crippen LogP contribution in [-0.4, -0.2) is 30.8 Å². The van der Waals surface area contributed by atoms with Gasteiger partial charge in [-0.2, -0.15) is 0 Å². The van der Waals surface area contributed by atoms with Gasteiger partial charge in [0.2, 0.25) is 0 Å². The van der Waals surface area contributed by atoms with E-state index in [0.717, 1.165) is 31.7 Å². The summed E-state index contributed by atoms with van der Waals surface area (Å²) in [7, 11) is 1.77. The second kappa shape index (κ2) is 4.29. The van der Waals surface area contributed by atoms with Gasteiger partial charge in [0.25, 0.3) is 0 Å². The summed E-state index contributed by atoms with van der Waals surface area (Å²) >= 11 is 0. The van der Waals surface area contributed by atoms with Crippen molar-refractivity contribution >= 4 is 11.6 Å². The number of nitrogens with zero attached hydrogens (tertiary/aromatic N) is 2. The first-order chi connectivity index (χ1) is 7.63. The fourth-order valence-corrected chi connectivity index (χ4v) is 2.18. The first-order valence-electron chi connectivity index (χ1n) is 5.66. The lowest BCUT2D eigenvalue weighted by atomic mass is 9.95. The molecule has 1 aliphatic rings. The van der Waals surface area contributed by atoms with E-state index in [1.54, 1.807) is 7.11 Å². The molecule has 1 atom stereocenters. The van der Waals surface area contributed by atoms with Gasteiger partial charge in [0.15, 0.2) is 0 Å². The number of ether oxygens (including phenoxy) is 1. The fourth-order valence-electron chi connectivity index (χ4n) is 2.18. The third-order valence-corrected chi connectivity index (χ3v) is 3.23. The van der Waals surface area contributed by atoms with E-state index < -0.39 is 0 Å². The molecule has 1 unspecified atom stereocenters. The van der Waals surface area contributed by atoms with Gasteiger partial charge in [0.05, 0.1) is 5.60 Å². The molecule has 1 aliphatic heterocycles. The largest absolute Gasteiger partial charge is 0.384 e. The van der Waals surface area contributed by atoms with Crippen LogP contribution in [-0.2, 0) is 4.74 Å². The lowest BCUT2D eigenvalue weighted by molar-refractivity contribution is -0.00480. The first kappa shape index (κ1) is 11.2. The van der Waals surface area contributed by atoms with E-state index in [9.17, 15) is 0 Å². The molecule has 0 bridgehead atoms. The number of nitrogen functional groups attached to an aromatic ring is 1. The highest BCUT2D eigenvalue weighted by Gasteiger charge is 2.31. The van der Waals surface area contributed by atoms with Crippen LogP contribution in [0.3, 0.4) is 0 Å². The van der Waals surface area contributed by atoms with Gasteiger partial charge in [-0.25, -0.2) is 4.98 Å². The number of rotatable bonds is 2. The van der Waals surface area contributed by atoms with Crippen molar-refractivity contribution in [1.82, 2.24) is 4.98 Å². The van der Waals surface area contributed by atoms with Crippen LogP contribution < -0.4 is 10.6 Å². The van der Waals surface area contributed by atoms with Gasteiger partial charge in [-0.1, -0.05) is 6.07 Å². The summed E-state index contributed by atoms with van der Waals surface area (Å²) in [6.45, 7) is 4.04. The third-order valence-electron chi connectivity index (χ3n) is 3.23. The van der Waals surface area contributed by atoms with Crippen LogP contribution in [0, 0.1) is 0 Å². The van der Waals surface area contributed by atoms with Crippen LogP contribution in [0.2, 0.25) is 0 Å². The minimum Gasteiger partial charge on any atom is -0.384 e. The Morgan fingerprint density at radius 3 is 3.00 bits per heavy atom. The number of aromatic nitrogens is 1. The Labute approximate surface area is 96.4 Å². The first-order valence-corrected chi connectivity index (χ1v) is 5.66. The second-order valence-corrected chi connectivity index (χ2v) is 4.60. The number of methoxy groups -OCH3 is 1. The highest BCUT2D eigenvalue weighted by atomic mass is 16.5. The van der Waals surface area contributed by atoms with Crippen molar-refractivity contribution in [2.45, 2.75) is 25.4 Å². The standard InChI is InChI=1S/C12H19N3O/c1-12(16-2)7-4-8-15(9-12)11-6-3-5-10(13)14-11/h3,5-6H,4,7-9H2,1-2H3,(H2,13,14). The van der Waals surface area contributed by atoms with Gasteiger partial charge in [-0.3, -0.25) is 0 Å². The summed E-state index contributed by atoms with van der Waals surface area (Å²) < 4.78 is 5.56. The maximum absolute atomic E-state index is 5.70. The SMILES string of the molecule is COC1(C)CCCN(c2cccc(N)n2)C1. The lowest BCUT2D eigenvalue weighted by Crippen LogP contribution is -2.47. The molecular formula is C12H19N3O. The maximum atomic E-state index is 5.70. The van der Waals surface area contributed by atoms with Gasteiger partial charge in [-0.05, 0) is 31.9 Å². The van der Waals surface area contributed by atoms with E-state index in [1.807, 2.05) is 18.2 Å². The lowest BCUT2D eigenvalue weighted by Gasteiger charge is -2.40. The van der Waals surface area contributed by atoms with E-state index in [4.69, 9.17) is 10.5 Å². The minimum atomic E-state index is -0.0649. The predicted molar refractivity (Wildman–Crippen MR) is 65.5 cm³/mol. The number of anilines is 2. The zero-order chi connectivity index (χ0) is 11.6. The maximum Gasteiger partial charge on any atom is 0.131 e. The summed E-state index contributed by atoms with van der Waals surface area (Å²) in [4.78, 5) is 6.58. The molecule has 16 heavy (non-hydrogen) atoms. The Kier molecular flexibility index (Phi) is 3.01. The second-order valence-electron chi connectivity index (χ2n) is 4.60. The monoisotopic (exact) mass is 221 g/mol. The van der Waals surface area contributed by atoms with Crippen LogP contribution in [0.5, 0.6) is 0 Å². The van der Waals surface area contributed by atoms with Crippen LogP contribution in [0.25, 0.3) is 0 Å². The Morgan fingerprint density at radius 1 is 1.50 bits per heavy atom. The average molecular weight is 221 g/mol. The minimum absolute atomic E-state index is 0.0649. The van der Waals surface area contributed by atoms with Gasteiger partial charge in [0, 0.05) is 20.2 Å². The highest BCUT2D eigenvalue weighted by molar-refractivity contribution is 5.45. The summed E-state index contributed by atoms with van der Waals surface area (Å²) in [5, 5.41) is 0. The Hall–Kier alpha value is -1.29. The molecule has 1 saturated heterocycles. The number of hydrogen-bond acceptors (Lipinski definition) is 4. The van der Waals surface area contributed by atoms with Crippen LogP contribution in [0.15, 0.2) is 18.2 Å². The van der Waals surface area contributed by atoms with Crippen LogP contribution in [0.1, 0.15) is 19.8 Å². The summed E-state index contributed by atoms with van der Waals surface area (Å²) in [6.07, 6.45) is 2.23. The number of hydrogen-bond donors (Lipinski definition) is 1. The molecule has 4 heteroatoms. The molecule has 1 aromatic rings. The van der Waals surface area contributed by atoms with Gasteiger partial charge in [0.1, 0.15) is 11.6 Å². The molecule has 2 N–H and O–H groups in total. The fraction of sp³-hybridized carbons (Fsp3) is 0.583. The zero-order valence-corrected chi connectivity index (χ0v) is 9.94. The van der Waals surface area contributed by atoms with Crippen molar-refractivity contribution in [2.24, 2.45) is 0 Å². The topological polar surface area (TPSA) is 51.4 Å². The van der Waals surface area contributed by atoms with Crippen LogP contribution in [0.4, 0.5) is 11.6 Å². The van der Waals surface area contributed by atoms with E-state index in [1.165, 1.54) is 0 Å². The molecule has 88 valence electrons. The Bertz CT molecular complexity index is 369. The molecule has 0 aromatic carbocycles. The van der Waals surface area contributed by atoms with E-state index >= 15 is 0 Å². The number of pyridine rings is 1. The Morgan fingerprint density at radius 2 is 2.31 bits per heavy atom. The van der Waals surface area contributed by atoms with Gasteiger partial charge in [-0.15, -0.1) is 0 Å². The molecule has 2 heterocycles. The van der Waals surface area contributed by atoms with E-state index in [0.29, 0.717) is 5.82 Å². The smallest absolute Gasteiger partial charge is 0.131 e. The van der Waals surface area contributed by atoms with Crippen molar-refractivity contribution in [3.63, 3.8) is 0 Å². The highest BCUT2D eigenvalue weighted by Crippen LogP contribution is 2.27. The average Bonchev–Trinajstić information content (AvgIpc) is 2.29. The molecular weight excluding hydrogens is 202 g/mol. The van der Waals surface area contributed by atoms with Crippen LogP contribution >= 0.6 is 0 Å². The molecule has 0 amide bonds. The molecule has 1 fully saturated rings. The van der Waals surface area contributed by atoms with Gasteiger partial charge >= 0.3 is 0 Å². The molecule has 0 aliphatic carbocycles. The van der Waals surface area contributed by atoms with E-state index in [2.05, 4.69) is 16.8 Å². The van der Waals surface area contributed by atoms with Crippen molar-refractivity contribution in [2.75, 3.05) is 30.8 Å². The molecule has 2 rings (SSSR count). The van der Waals surface area contributed by atoms with Crippen molar-refractivity contribution < 1.29 is 4.74 Å². The normalized spacial score (nSPS) is 25.8. The molecule has 0 saturated carbocycles. The molecule has 4 nitrogen and oxygen atoms in total. The number of nitrogens with two attached hydrogens (primary N) is 1. The van der Waals surface area contributed by atoms with Crippen molar-refractivity contribution in [3.05, 3.63) is 18.2 Å². The quantitative estimate of drug-likeness (QED) is 0.825. The summed E-state index contributed by atoms with van der Waals surface area (Å²) in [6, 6.07) is 5.75. The third kappa shape index (κ3) is 2.27. The van der Waals surface area contributed by atoms with Crippen molar-refractivity contribution in [3.8, 4) is 0 Å². The van der Waals surface area contributed by atoms with Crippen molar-refractivity contribution in [1.29, 1.82) is 0 Å². The number of piperidine rings is 1. The molecule has 0 radical (unpaired) electrons. The summed E-state index contributed by atoms with van der Waals surface area (Å²) in [5.74, 6) is 1.52. The Balaban J connectivity index is 2.16. The zero-order valence-electron chi connectivity index (χ0n) is 9.94. The predicted octanol–water partition coefficient (Wildman–Crippen LogP) is 1.67. The van der Waals surface area contributed by atoms with Gasteiger partial charge < -0.3 is 15.4 Å². The summed E-state index contributed by atoms with van der Waals surface area (Å²) in [5.41, 5.74) is 5.63. The molecule has 0 spiro atoms. The molecule has 1 aromatic heterocycles. The van der Waals surface area contributed by atoms with E-state index in [-0.39, 0.29) is 5.60 Å².